The molecule has 1 fully saturated rings. The van der Waals surface area contributed by atoms with Crippen molar-refractivity contribution in [3.05, 3.63) is 12.2 Å². The molecule has 0 N–H and O–H groups in total. The third-order valence-corrected chi connectivity index (χ3v) is 3.35. The minimum Gasteiger partial charge on any atom is -0.453 e. The zero-order chi connectivity index (χ0) is 13.6. The maximum atomic E-state index is 11.7. The van der Waals surface area contributed by atoms with Gasteiger partial charge in [-0.25, -0.2) is 4.79 Å². The Morgan fingerprint density at radius 2 is 2.11 bits per heavy atom. The summed E-state index contributed by atoms with van der Waals surface area (Å²) in [4.78, 5) is 11.7. The first kappa shape index (κ1) is 15.2. The summed E-state index contributed by atoms with van der Waals surface area (Å²) in [6.45, 7) is 8.31. The fraction of sp³-hybridized carbons (Fsp3) is 0.786. The highest BCUT2D eigenvalue weighted by Crippen LogP contribution is 2.34. The minimum absolute atomic E-state index is 0.0512. The number of carbonyl (C=O) groups is 1. The van der Waals surface area contributed by atoms with Crippen molar-refractivity contribution in [3.63, 3.8) is 0 Å². The van der Waals surface area contributed by atoms with Crippen LogP contribution in [0.3, 0.4) is 0 Å². The van der Waals surface area contributed by atoms with Crippen LogP contribution in [0, 0.1) is 0 Å². The molecule has 4 nitrogen and oxygen atoms in total. The summed E-state index contributed by atoms with van der Waals surface area (Å²) in [6.07, 6.45) is 3.87. The van der Waals surface area contributed by atoms with Gasteiger partial charge in [0.15, 0.2) is 0 Å². The summed E-state index contributed by atoms with van der Waals surface area (Å²) in [5.41, 5.74) is -0.111. The Kier molecular flexibility index (Phi) is 5.82. The van der Waals surface area contributed by atoms with Gasteiger partial charge >= 0.3 is 5.97 Å². The van der Waals surface area contributed by atoms with Crippen molar-refractivity contribution in [1.29, 1.82) is 0 Å². The lowest BCUT2D eigenvalue weighted by Crippen LogP contribution is -2.48. The van der Waals surface area contributed by atoms with Gasteiger partial charge in [-0.1, -0.05) is 13.0 Å². The third kappa shape index (κ3) is 4.10. The van der Waals surface area contributed by atoms with Gasteiger partial charge in [-0.3, -0.25) is 0 Å². The van der Waals surface area contributed by atoms with E-state index in [0.29, 0.717) is 18.8 Å². The molecule has 0 aromatic carbocycles. The molecule has 1 aliphatic rings. The monoisotopic (exact) mass is 256 g/mol. The van der Waals surface area contributed by atoms with Gasteiger partial charge in [-0.2, -0.15) is 0 Å². The van der Waals surface area contributed by atoms with Gasteiger partial charge in [-0.15, -0.1) is 0 Å². The predicted molar refractivity (Wildman–Crippen MR) is 69.4 cm³/mol. The molecule has 0 bridgehead atoms. The molecule has 1 saturated carbocycles. The van der Waals surface area contributed by atoms with E-state index in [0.717, 1.165) is 25.7 Å². The Morgan fingerprint density at radius 3 is 2.72 bits per heavy atom. The molecule has 0 spiro atoms. The van der Waals surface area contributed by atoms with E-state index in [1.807, 2.05) is 6.92 Å². The fourth-order valence-corrected chi connectivity index (χ4v) is 2.22. The smallest absolute Gasteiger partial charge is 0.333 e. The summed E-state index contributed by atoms with van der Waals surface area (Å²) in [7, 11) is 1.64. The highest BCUT2D eigenvalue weighted by atomic mass is 16.6. The van der Waals surface area contributed by atoms with Crippen LogP contribution in [-0.4, -0.2) is 38.0 Å². The molecule has 0 radical (unpaired) electrons. The lowest BCUT2D eigenvalue weighted by molar-refractivity contribution is -0.180. The van der Waals surface area contributed by atoms with Crippen LogP contribution in [0.4, 0.5) is 0 Å². The van der Waals surface area contributed by atoms with Gasteiger partial charge in [-0.05, 0) is 33.1 Å². The molecule has 0 saturated heterocycles. The average molecular weight is 256 g/mol. The van der Waals surface area contributed by atoms with E-state index in [2.05, 4.69) is 6.58 Å². The maximum absolute atomic E-state index is 11.7. The van der Waals surface area contributed by atoms with Gasteiger partial charge in [0.05, 0.1) is 19.3 Å². The molecule has 0 aromatic heterocycles. The molecule has 0 aliphatic heterocycles. The van der Waals surface area contributed by atoms with Gasteiger partial charge in [0.2, 0.25) is 0 Å². The normalized spacial score (nSPS) is 27.8. The first-order valence-electron chi connectivity index (χ1n) is 6.49. The van der Waals surface area contributed by atoms with Crippen LogP contribution in [-0.2, 0) is 19.0 Å². The summed E-state index contributed by atoms with van der Waals surface area (Å²) in [5.74, 6) is -0.334. The second-order valence-corrected chi connectivity index (χ2v) is 5.08. The summed E-state index contributed by atoms with van der Waals surface area (Å²) in [5, 5.41) is 0. The Labute approximate surface area is 109 Å². The van der Waals surface area contributed by atoms with Crippen LogP contribution < -0.4 is 0 Å². The number of ether oxygens (including phenoxy) is 3. The minimum atomic E-state index is -0.540. The van der Waals surface area contributed by atoms with Gasteiger partial charge in [0, 0.05) is 12.7 Å². The van der Waals surface area contributed by atoms with E-state index >= 15 is 0 Å². The van der Waals surface area contributed by atoms with Crippen molar-refractivity contribution in [3.8, 4) is 0 Å². The molecule has 2 unspecified atom stereocenters. The fourth-order valence-electron chi connectivity index (χ4n) is 2.22. The number of carbonyl (C=O) groups excluding carboxylic acids is 1. The van der Waals surface area contributed by atoms with Crippen LogP contribution >= 0.6 is 0 Å². The predicted octanol–water partition coefficient (Wildman–Crippen LogP) is 2.47. The molecule has 0 amide bonds. The van der Waals surface area contributed by atoms with Gasteiger partial charge in [0.25, 0.3) is 0 Å². The number of esters is 1. The molecule has 1 aliphatic carbocycles. The number of rotatable bonds is 6. The molecule has 0 aromatic rings. The third-order valence-electron chi connectivity index (χ3n) is 3.35. The Bertz CT molecular complexity index is 300. The van der Waals surface area contributed by atoms with E-state index < -0.39 is 5.60 Å². The quantitative estimate of drug-likeness (QED) is 0.416. The summed E-state index contributed by atoms with van der Waals surface area (Å²) in [6, 6.07) is 0. The van der Waals surface area contributed by atoms with Crippen molar-refractivity contribution < 1.29 is 19.0 Å². The Balaban J connectivity index is 2.61. The topological polar surface area (TPSA) is 44.8 Å². The molecule has 0 heterocycles. The van der Waals surface area contributed by atoms with Gasteiger partial charge in [0.1, 0.15) is 5.60 Å². The zero-order valence-electron chi connectivity index (χ0n) is 11.7. The standard InChI is InChI=1S/C14H24O4/c1-11(2)13(15)18-14(3)8-6-5-7-12(14)17-10-9-16-4/h12H,1,5-10H2,2-4H3. The largest absolute Gasteiger partial charge is 0.453 e. The SMILES string of the molecule is C=C(C)C(=O)OC1(C)CCCCC1OCCOC. The first-order chi connectivity index (χ1) is 8.49. The second kappa shape index (κ2) is 6.90. The van der Waals surface area contributed by atoms with E-state index in [4.69, 9.17) is 14.2 Å². The van der Waals surface area contributed by atoms with E-state index in [9.17, 15) is 4.79 Å². The highest BCUT2D eigenvalue weighted by molar-refractivity contribution is 5.87. The van der Waals surface area contributed by atoms with Crippen LogP contribution in [0.2, 0.25) is 0 Å². The van der Waals surface area contributed by atoms with Crippen LogP contribution in [0.5, 0.6) is 0 Å². The van der Waals surface area contributed by atoms with E-state index in [-0.39, 0.29) is 12.1 Å². The second-order valence-electron chi connectivity index (χ2n) is 5.08. The van der Waals surface area contributed by atoms with Crippen molar-refractivity contribution in [2.75, 3.05) is 20.3 Å². The van der Waals surface area contributed by atoms with Crippen LogP contribution in [0.15, 0.2) is 12.2 Å². The molecular formula is C14H24O4. The lowest BCUT2D eigenvalue weighted by atomic mass is 9.83. The molecule has 104 valence electrons. The Hall–Kier alpha value is -0.870. The molecular weight excluding hydrogens is 232 g/mol. The van der Waals surface area contributed by atoms with Crippen molar-refractivity contribution in [1.82, 2.24) is 0 Å². The maximum Gasteiger partial charge on any atom is 0.333 e. The number of methoxy groups -OCH3 is 1. The molecule has 2 atom stereocenters. The summed E-state index contributed by atoms with van der Waals surface area (Å²) >= 11 is 0. The molecule has 4 heteroatoms. The van der Waals surface area contributed by atoms with E-state index in [1.54, 1.807) is 14.0 Å². The van der Waals surface area contributed by atoms with E-state index in [1.165, 1.54) is 0 Å². The number of hydrogen-bond donors (Lipinski definition) is 0. The van der Waals surface area contributed by atoms with Crippen molar-refractivity contribution in [2.45, 2.75) is 51.2 Å². The van der Waals surface area contributed by atoms with Crippen molar-refractivity contribution >= 4 is 5.97 Å². The first-order valence-corrected chi connectivity index (χ1v) is 6.49. The zero-order valence-corrected chi connectivity index (χ0v) is 11.7. The lowest BCUT2D eigenvalue weighted by Gasteiger charge is -2.40. The van der Waals surface area contributed by atoms with Crippen LogP contribution in [0.25, 0.3) is 0 Å². The summed E-state index contributed by atoms with van der Waals surface area (Å²) < 4.78 is 16.3. The van der Waals surface area contributed by atoms with Crippen molar-refractivity contribution in [2.24, 2.45) is 0 Å². The average Bonchev–Trinajstić information content (AvgIpc) is 2.31. The number of hydrogen-bond acceptors (Lipinski definition) is 4. The highest BCUT2D eigenvalue weighted by Gasteiger charge is 2.40. The van der Waals surface area contributed by atoms with Crippen LogP contribution in [0.1, 0.15) is 39.5 Å². The molecule has 18 heavy (non-hydrogen) atoms. The van der Waals surface area contributed by atoms with Gasteiger partial charge < -0.3 is 14.2 Å². The Morgan fingerprint density at radius 1 is 1.39 bits per heavy atom. The molecule has 1 rings (SSSR count).